The summed E-state index contributed by atoms with van der Waals surface area (Å²) in [4.78, 5) is 24.2. The molecular weight excluding hydrogens is 268 g/mol. The number of nitrogens with zero attached hydrogens (tertiary/aromatic N) is 1. The van der Waals surface area contributed by atoms with E-state index >= 15 is 0 Å². The monoisotopic (exact) mass is 282 g/mol. The molecule has 0 bridgehead atoms. The summed E-state index contributed by atoms with van der Waals surface area (Å²) in [5.74, 6) is -0.742. The van der Waals surface area contributed by atoms with Gasteiger partial charge in [0.1, 0.15) is 0 Å². The molecule has 2 rings (SSSR count). The second-order valence-corrected chi connectivity index (χ2v) is 5.67. The molecule has 19 heavy (non-hydrogen) atoms. The fourth-order valence-electron chi connectivity index (χ4n) is 1.81. The molecular formula is C12H14N2O4S. The van der Waals surface area contributed by atoms with Crippen LogP contribution in [-0.4, -0.2) is 51.6 Å². The van der Waals surface area contributed by atoms with Gasteiger partial charge in [0.15, 0.2) is 0 Å². The molecule has 6 nitrogen and oxygen atoms in total. The van der Waals surface area contributed by atoms with E-state index in [0.717, 1.165) is 0 Å². The van der Waals surface area contributed by atoms with Crippen LogP contribution in [0.4, 0.5) is 4.79 Å². The summed E-state index contributed by atoms with van der Waals surface area (Å²) in [5.41, 5.74) is 0.116. The summed E-state index contributed by atoms with van der Waals surface area (Å²) >= 11 is 0. The molecule has 0 spiro atoms. The highest BCUT2D eigenvalue weighted by Gasteiger charge is 2.19. The molecule has 0 aliphatic carbocycles. The molecule has 0 saturated carbocycles. The Hall–Kier alpha value is -1.89. The largest absolute Gasteiger partial charge is 0.478 e. The molecule has 1 heterocycles. The van der Waals surface area contributed by atoms with Crippen LogP contribution in [0.3, 0.4) is 0 Å². The summed E-state index contributed by atoms with van der Waals surface area (Å²) in [6.45, 7) is 1.63. The highest BCUT2D eigenvalue weighted by Crippen LogP contribution is 2.11. The van der Waals surface area contributed by atoms with E-state index in [4.69, 9.17) is 5.11 Å². The number of hydrogen-bond acceptors (Lipinski definition) is 3. The maximum absolute atomic E-state index is 12.0. The fraction of sp³-hybridized carbons (Fsp3) is 0.333. The zero-order chi connectivity index (χ0) is 13.8. The highest BCUT2D eigenvalue weighted by molar-refractivity contribution is 7.85. The first-order valence-corrected chi connectivity index (χ1v) is 7.14. The predicted molar refractivity (Wildman–Crippen MR) is 69.6 cm³/mol. The van der Waals surface area contributed by atoms with Crippen LogP contribution in [-0.2, 0) is 10.8 Å². The number of hydrogen-bond donors (Lipinski definition) is 2. The van der Waals surface area contributed by atoms with Gasteiger partial charge in [-0.3, -0.25) is 4.21 Å². The topological polar surface area (TPSA) is 86.7 Å². The minimum Gasteiger partial charge on any atom is -0.478 e. The lowest BCUT2D eigenvalue weighted by atomic mass is 10.2. The van der Waals surface area contributed by atoms with Crippen molar-refractivity contribution < 1.29 is 18.9 Å². The third-order valence-electron chi connectivity index (χ3n) is 2.84. The van der Waals surface area contributed by atoms with Gasteiger partial charge in [-0.25, -0.2) is 9.59 Å². The number of carbonyl (C=O) groups is 2. The standard InChI is InChI=1S/C12H14N2O4S/c15-11(16)9-2-1-3-10(8-9)19(18)7-6-14-5-4-13-12(14)17/h1-3,8H,4-7H2,(H,13,17)(H,15,16). The number of aromatic carboxylic acids is 1. The van der Waals surface area contributed by atoms with Crippen LogP contribution in [0, 0.1) is 0 Å². The Bertz CT molecular complexity index is 532. The van der Waals surface area contributed by atoms with Crippen molar-refractivity contribution in [2.75, 3.05) is 25.4 Å². The molecule has 0 aromatic heterocycles. The van der Waals surface area contributed by atoms with Crippen molar-refractivity contribution in [3.8, 4) is 0 Å². The van der Waals surface area contributed by atoms with Crippen molar-refractivity contribution >= 4 is 22.8 Å². The van der Waals surface area contributed by atoms with Crippen LogP contribution in [0.1, 0.15) is 10.4 Å². The third-order valence-corrected chi connectivity index (χ3v) is 4.17. The first-order chi connectivity index (χ1) is 9.08. The number of benzene rings is 1. The number of carboxylic acid groups (broad SMARTS) is 1. The quantitative estimate of drug-likeness (QED) is 0.824. The van der Waals surface area contributed by atoms with Gasteiger partial charge in [-0.1, -0.05) is 6.07 Å². The Kier molecular flexibility index (Phi) is 4.16. The van der Waals surface area contributed by atoms with E-state index in [1.165, 1.54) is 12.1 Å². The van der Waals surface area contributed by atoms with E-state index in [0.29, 0.717) is 30.3 Å². The lowest BCUT2D eigenvalue weighted by molar-refractivity contribution is 0.0696. The van der Waals surface area contributed by atoms with Crippen LogP contribution >= 0.6 is 0 Å². The fourth-order valence-corrected chi connectivity index (χ4v) is 2.92. The van der Waals surface area contributed by atoms with Crippen molar-refractivity contribution in [3.63, 3.8) is 0 Å². The second-order valence-electron chi connectivity index (χ2n) is 4.10. The maximum atomic E-state index is 12.0. The normalized spacial score (nSPS) is 16.2. The van der Waals surface area contributed by atoms with Crippen LogP contribution in [0.25, 0.3) is 0 Å². The minimum atomic E-state index is -1.31. The molecule has 1 atom stereocenters. The first-order valence-electron chi connectivity index (χ1n) is 5.82. The van der Waals surface area contributed by atoms with Gasteiger partial charge in [0, 0.05) is 30.3 Å². The van der Waals surface area contributed by atoms with Crippen molar-refractivity contribution in [3.05, 3.63) is 29.8 Å². The van der Waals surface area contributed by atoms with Gasteiger partial charge < -0.3 is 15.3 Å². The van der Waals surface area contributed by atoms with E-state index in [1.807, 2.05) is 0 Å². The molecule has 0 radical (unpaired) electrons. The molecule has 1 aliphatic heterocycles. The molecule has 1 unspecified atom stereocenters. The van der Waals surface area contributed by atoms with Crippen LogP contribution in [0.15, 0.2) is 29.2 Å². The maximum Gasteiger partial charge on any atom is 0.335 e. The summed E-state index contributed by atoms with van der Waals surface area (Å²) in [6.07, 6.45) is 0. The van der Waals surface area contributed by atoms with Gasteiger partial charge in [-0.15, -0.1) is 0 Å². The number of carbonyl (C=O) groups excluding carboxylic acids is 1. The molecule has 2 amide bonds. The van der Waals surface area contributed by atoms with Gasteiger partial charge >= 0.3 is 12.0 Å². The lowest BCUT2D eigenvalue weighted by Crippen LogP contribution is -2.31. The molecule has 102 valence electrons. The van der Waals surface area contributed by atoms with E-state index < -0.39 is 16.8 Å². The molecule has 1 aliphatic rings. The Balaban J connectivity index is 1.98. The van der Waals surface area contributed by atoms with E-state index in [-0.39, 0.29) is 11.6 Å². The molecule has 1 saturated heterocycles. The number of rotatable bonds is 5. The average molecular weight is 282 g/mol. The Morgan fingerprint density at radius 1 is 1.47 bits per heavy atom. The smallest absolute Gasteiger partial charge is 0.335 e. The molecule has 1 aromatic carbocycles. The Morgan fingerprint density at radius 3 is 2.89 bits per heavy atom. The van der Waals surface area contributed by atoms with Crippen LogP contribution in [0.2, 0.25) is 0 Å². The van der Waals surface area contributed by atoms with E-state index in [1.54, 1.807) is 17.0 Å². The Morgan fingerprint density at radius 2 is 2.26 bits per heavy atom. The van der Waals surface area contributed by atoms with Gasteiger partial charge in [0.25, 0.3) is 0 Å². The van der Waals surface area contributed by atoms with Gasteiger partial charge in [-0.05, 0) is 18.2 Å². The Labute approximate surface area is 112 Å². The molecule has 1 aromatic rings. The number of amides is 2. The molecule has 1 fully saturated rings. The van der Waals surface area contributed by atoms with Crippen molar-refractivity contribution in [2.24, 2.45) is 0 Å². The number of urea groups is 1. The van der Waals surface area contributed by atoms with Gasteiger partial charge in [0.05, 0.1) is 16.4 Å². The van der Waals surface area contributed by atoms with Gasteiger partial charge in [0.2, 0.25) is 0 Å². The molecule has 7 heteroatoms. The first kappa shape index (κ1) is 13.5. The average Bonchev–Trinajstić information content (AvgIpc) is 2.81. The predicted octanol–water partition coefficient (Wildman–Crippen LogP) is 0.518. The lowest BCUT2D eigenvalue weighted by Gasteiger charge is -2.13. The third kappa shape index (κ3) is 3.31. The zero-order valence-corrected chi connectivity index (χ0v) is 11.0. The highest BCUT2D eigenvalue weighted by atomic mass is 32.2. The SMILES string of the molecule is O=C(O)c1cccc(S(=O)CCN2CCNC2=O)c1. The minimum absolute atomic E-state index is 0.116. The number of carboxylic acids is 1. The van der Waals surface area contributed by atoms with Gasteiger partial charge in [-0.2, -0.15) is 0 Å². The van der Waals surface area contributed by atoms with Crippen LogP contribution < -0.4 is 5.32 Å². The van der Waals surface area contributed by atoms with Crippen LogP contribution in [0.5, 0.6) is 0 Å². The summed E-state index contributed by atoms with van der Waals surface area (Å²) in [6, 6.07) is 5.92. The second kappa shape index (κ2) is 5.83. The summed E-state index contributed by atoms with van der Waals surface area (Å²) in [5, 5.41) is 11.5. The van der Waals surface area contributed by atoms with Crippen molar-refractivity contribution in [1.82, 2.24) is 10.2 Å². The van der Waals surface area contributed by atoms with E-state index in [2.05, 4.69) is 5.32 Å². The molecule has 2 N–H and O–H groups in total. The van der Waals surface area contributed by atoms with Crippen molar-refractivity contribution in [1.29, 1.82) is 0 Å². The van der Waals surface area contributed by atoms with E-state index in [9.17, 15) is 13.8 Å². The van der Waals surface area contributed by atoms with Crippen molar-refractivity contribution in [2.45, 2.75) is 4.90 Å². The zero-order valence-electron chi connectivity index (χ0n) is 10.2. The number of nitrogens with one attached hydrogen (secondary N) is 1. The summed E-state index contributed by atoms with van der Waals surface area (Å²) < 4.78 is 12.0. The summed E-state index contributed by atoms with van der Waals surface area (Å²) in [7, 11) is -1.31.